The van der Waals surface area contributed by atoms with E-state index in [-0.39, 0.29) is 12.5 Å². The highest BCUT2D eigenvalue weighted by atomic mass is 16.5. The Bertz CT molecular complexity index is 601. The average Bonchev–Trinajstić information content (AvgIpc) is 2.45. The van der Waals surface area contributed by atoms with E-state index in [1.165, 1.54) is 5.56 Å². The van der Waals surface area contributed by atoms with Gasteiger partial charge in [0.2, 0.25) is 0 Å². The summed E-state index contributed by atoms with van der Waals surface area (Å²) in [5.41, 5.74) is 4.11. The molecule has 0 aliphatic carbocycles. The Morgan fingerprint density at radius 1 is 1.19 bits per heavy atom. The molecule has 0 aliphatic rings. The summed E-state index contributed by atoms with van der Waals surface area (Å²) in [7, 11) is 0. The highest BCUT2D eigenvalue weighted by molar-refractivity contribution is 5.77. The van der Waals surface area contributed by atoms with Crippen LogP contribution in [-0.4, -0.2) is 17.5 Å². The van der Waals surface area contributed by atoms with E-state index in [1.54, 1.807) is 6.20 Å². The monoisotopic (exact) mass is 284 g/mol. The summed E-state index contributed by atoms with van der Waals surface area (Å²) in [4.78, 5) is 16.0. The van der Waals surface area contributed by atoms with Gasteiger partial charge in [-0.3, -0.25) is 9.78 Å². The fraction of sp³-hybridized carbons (Fsp3) is 0.294. The van der Waals surface area contributed by atoms with Crippen molar-refractivity contribution in [2.75, 3.05) is 6.61 Å². The van der Waals surface area contributed by atoms with Crippen molar-refractivity contribution in [3.05, 3.63) is 58.9 Å². The van der Waals surface area contributed by atoms with E-state index in [2.05, 4.69) is 10.3 Å². The van der Waals surface area contributed by atoms with Crippen LogP contribution in [0.4, 0.5) is 0 Å². The van der Waals surface area contributed by atoms with Gasteiger partial charge >= 0.3 is 0 Å². The number of aryl methyl sites for hydroxylation is 3. The summed E-state index contributed by atoms with van der Waals surface area (Å²) in [5, 5.41) is 2.79. The van der Waals surface area contributed by atoms with Gasteiger partial charge in [-0.2, -0.15) is 0 Å². The lowest BCUT2D eigenvalue weighted by Crippen LogP contribution is -2.28. The minimum Gasteiger partial charge on any atom is -0.483 e. The molecule has 4 nitrogen and oxygen atoms in total. The zero-order valence-electron chi connectivity index (χ0n) is 12.6. The SMILES string of the molecule is Cc1cc(C)c(OCC(=O)NCc2ccccn2)c(C)c1. The van der Waals surface area contributed by atoms with Crippen molar-refractivity contribution >= 4 is 5.91 Å². The Hall–Kier alpha value is -2.36. The van der Waals surface area contributed by atoms with E-state index in [0.29, 0.717) is 6.54 Å². The molecule has 0 saturated heterocycles. The van der Waals surface area contributed by atoms with Gasteiger partial charge in [-0.15, -0.1) is 0 Å². The number of pyridine rings is 1. The third kappa shape index (κ3) is 4.31. The van der Waals surface area contributed by atoms with Crippen LogP contribution < -0.4 is 10.1 Å². The number of carbonyl (C=O) groups is 1. The van der Waals surface area contributed by atoms with Crippen LogP contribution in [0.2, 0.25) is 0 Å². The van der Waals surface area contributed by atoms with Crippen LogP contribution in [0, 0.1) is 20.8 Å². The van der Waals surface area contributed by atoms with Crippen LogP contribution in [0.3, 0.4) is 0 Å². The smallest absolute Gasteiger partial charge is 0.258 e. The molecular weight excluding hydrogens is 264 g/mol. The van der Waals surface area contributed by atoms with Crippen LogP contribution in [0.1, 0.15) is 22.4 Å². The Labute approximate surface area is 125 Å². The molecular formula is C17H20N2O2. The van der Waals surface area contributed by atoms with Gasteiger partial charge in [0.15, 0.2) is 6.61 Å². The standard InChI is InChI=1S/C17H20N2O2/c1-12-8-13(2)17(14(3)9-12)21-11-16(20)19-10-15-6-4-5-7-18-15/h4-9H,10-11H2,1-3H3,(H,19,20). The molecule has 0 radical (unpaired) electrons. The molecule has 1 heterocycles. The summed E-state index contributed by atoms with van der Waals surface area (Å²) in [6.45, 7) is 6.44. The maximum atomic E-state index is 11.8. The highest BCUT2D eigenvalue weighted by Crippen LogP contribution is 2.24. The number of benzene rings is 1. The molecule has 4 heteroatoms. The summed E-state index contributed by atoms with van der Waals surface area (Å²) < 4.78 is 5.64. The van der Waals surface area contributed by atoms with Gasteiger partial charge in [-0.1, -0.05) is 23.8 Å². The molecule has 1 aromatic heterocycles. The Kier molecular flexibility index (Phi) is 4.93. The highest BCUT2D eigenvalue weighted by Gasteiger charge is 2.08. The lowest BCUT2D eigenvalue weighted by Gasteiger charge is -2.13. The van der Waals surface area contributed by atoms with Crippen molar-refractivity contribution in [3.8, 4) is 5.75 Å². The summed E-state index contributed by atoms with van der Waals surface area (Å²) in [6, 6.07) is 9.71. The van der Waals surface area contributed by atoms with Crippen molar-refractivity contribution in [2.24, 2.45) is 0 Å². The van der Waals surface area contributed by atoms with Gasteiger partial charge in [-0.05, 0) is 44.0 Å². The molecule has 0 spiro atoms. The van der Waals surface area contributed by atoms with Crippen LogP contribution in [-0.2, 0) is 11.3 Å². The molecule has 1 N–H and O–H groups in total. The molecule has 2 aromatic rings. The number of ether oxygens (including phenoxy) is 1. The van der Waals surface area contributed by atoms with Gasteiger partial charge in [0.1, 0.15) is 5.75 Å². The lowest BCUT2D eigenvalue weighted by molar-refractivity contribution is -0.123. The summed E-state index contributed by atoms with van der Waals surface area (Å²) in [5.74, 6) is 0.633. The molecule has 2 rings (SSSR count). The lowest BCUT2D eigenvalue weighted by atomic mass is 10.1. The van der Waals surface area contributed by atoms with Crippen molar-refractivity contribution in [2.45, 2.75) is 27.3 Å². The topological polar surface area (TPSA) is 51.2 Å². The van der Waals surface area contributed by atoms with Gasteiger partial charge in [0.05, 0.1) is 12.2 Å². The van der Waals surface area contributed by atoms with Gasteiger partial charge in [0, 0.05) is 6.20 Å². The first-order valence-corrected chi connectivity index (χ1v) is 6.93. The minimum atomic E-state index is -0.153. The normalized spacial score (nSPS) is 10.2. The number of carbonyl (C=O) groups excluding carboxylic acids is 1. The number of nitrogens with zero attached hydrogens (tertiary/aromatic N) is 1. The van der Waals surface area contributed by atoms with E-state index < -0.39 is 0 Å². The van der Waals surface area contributed by atoms with E-state index in [4.69, 9.17) is 4.74 Å². The predicted octanol–water partition coefficient (Wildman–Crippen LogP) is 2.70. The van der Waals surface area contributed by atoms with Crippen molar-refractivity contribution in [1.29, 1.82) is 0 Å². The molecule has 110 valence electrons. The number of aromatic nitrogens is 1. The number of amides is 1. The molecule has 0 aliphatic heterocycles. The fourth-order valence-corrected chi connectivity index (χ4v) is 2.28. The van der Waals surface area contributed by atoms with Crippen LogP contribution in [0.5, 0.6) is 5.75 Å². The van der Waals surface area contributed by atoms with E-state index >= 15 is 0 Å². The first kappa shape index (κ1) is 15.0. The average molecular weight is 284 g/mol. The maximum absolute atomic E-state index is 11.8. The van der Waals surface area contributed by atoms with Crippen LogP contribution in [0.15, 0.2) is 36.5 Å². The second kappa shape index (κ2) is 6.88. The van der Waals surface area contributed by atoms with Crippen LogP contribution >= 0.6 is 0 Å². The Morgan fingerprint density at radius 2 is 1.90 bits per heavy atom. The fourth-order valence-electron chi connectivity index (χ4n) is 2.28. The quantitative estimate of drug-likeness (QED) is 0.918. The molecule has 0 unspecified atom stereocenters. The number of nitrogens with one attached hydrogen (secondary N) is 1. The third-order valence-corrected chi connectivity index (χ3v) is 3.15. The first-order valence-electron chi connectivity index (χ1n) is 6.93. The second-order valence-corrected chi connectivity index (χ2v) is 5.11. The molecule has 1 aromatic carbocycles. The second-order valence-electron chi connectivity index (χ2n) is 5.11. The number of hydrogen-bond acceptors (Lipinski definition) is 3. The number of hydrogen-bond donors (Lipinski definition) is 1. The predicted molar refractivity (Wildman–Crippen MR) is 82.2 cm³/mol. The molecule has 0 atom stereocenters. The molecule has 0 fully saturated rings. The van der Waals surface area contributed by atoms with Gasteiger partial charge in [-0.25, -0.2) is 0 Å². The van der Waals surface area contributed by atoms with Crippen LogP contribution in [0.25, 0.3) is 0 Å². The van der Waals surface area contributed by atoms with Crippen molar-refractivity contribution < 1.29 is 9.53 Å². The van der Waals surface area contributed by atoms with E-state index in [9.17, 15) is 4.79 Å². The summed E-state index contributed by atoms with van der Waals surface area (Å²) >= 11 is 0. The molecule has 21 heavy (non-hydrogen) atoms. The van der Waals surface area contributed by atoms with Crippen molar-refractivity contribution in [3.63, 3.8) is 0 Å². The number of rotatable bonds is 5. The molecule has 0 saturated carbocycles. The van der Waals surface area contributed by atoms with Gasteiger partial charge in [0.25, 0.3) is 5.91 Å². The largest absolute Gasteiger partial charge is 0.483 e. The zero-order valence-corrected chi connectivity index (χ0v) is 12.6. The summed E-state index contributed by atoms with van der Waals surface area (Å²) in [6.07, 6.45) is 1.71. The Morgan fingerprint density at radius 3 is 2.52 bits per heavy atom. The minimum absolute atomic E-state index is 0.0115. The first-order chi connectivity index (χ1) is 10.1. The third-order valence-electron chi connectivity index (χ3n) is 3.15. The van der Waals surface area contributed by atoms with E-state index in [0.717, 1.165) is 22.6 Å². The molecule has 0 bridgehead atoms. The van der Waals surface area contributed by atoms with Gasteiger partial charge < -0.3 is 10.1 Å². The zero-order chi connectivity index (χ0) is 15.2. The van der Waals surface area contributed by atoms with E-state index in [1.807, 2.05) is 51.1 Å². The Balaban J connectivity index is 1.87. The van der Waals surface area contributed by atoms with Crippen molar-refractivity contribution in [1.82, 2.24) is 10.3 Å². The maximum Gasteiger partial charge on any atom is 0.258 e. The molecule has 1 amide bonds.